The van der Waals surface area contributed by atoms with Crippen molar-refractivity contribution >= 4 is 22.4 Å². The average Bonchev–Trinajstić information content (AvgIpc) is 2.98. The number of aromatic nitrogens is 1. The Morgan fingerprint density at radius 1 is 1.38 bits per heavy atom. The monoisotopic (exact) mass is 301 g/mol. The second kappa shape index (κ2) is 5.48. The zero-order valence-corrected chi connectivity index (χ0v) is 12.9. The number of carbonyl (C=O) groups is 1. The van der Waals surface area contributed by atoms with Crippen molar-refractivity contribution in [1.29, 1.82) is 0 Å². The maximum Gasteiger partial charge on any atom is 0.268 e. The number of rotatable bonds is 3. The molecule has 3 rings (SSSR count). The van der Waals surface area contributed by atoms with Gasteiger partial charge in [0.2, 0.25) is 0 Å². The fourth-order valence-corrected chi connectivity index (χ4v) is 3.84. The van der Waals surface area contributed by atoms with E-state index < -0.39 is 5.91 Å². The van der Waals surface area contributed by atoms with Crippen molar-refractivity contribution in [2.75, 3.05) is 18.0 Å². The average molecular weight is 301 g/mol. The third-order valence-electron chi connectivity index (χ3n) is 4.18. The van der Waals surface area contributed by atoms with Crippen molar-refractivity contribution in [3.63, 3.8) is 0 Å². The number of amides is 1. The molecule has 1 aromatic heterocycles. The summed E-state index contributed by atoms with van der Waals surface area (Å²) >= 11 is 1.49. The number of nitrogens with zero attached hydrogens (tertiary/aromatic N) is 2. The highest BCUT2D eigenvalue weighted by Crippen LogP contribution is 2.36. The SMILES string of the molecule is CC1(c2ccccc2)CCCN(c2nc(C(N)=O)cs2)C1. The summed E-state index contributed by atoms with van der Waals surface area (Å²) in [4.78, 5) is 17.8. The molecule has 2 N–H and O–H groups in total. The minimum Gasteiger partial charge on any atom is -0.364 e. The summed E-state index contributed by atoms with van der Waals surface area (Å²) in [6.07, 6.45) is 2.29. The zero-order valence-electron chi connectivity index (χ0n) is 12.1. The summed E-state index contributed by atoms with van der Waals surface area (Å²) in [5.74, 6) is -0.458. The summed E-state index contributed by atoms with van der Waals surface area (Å²) in [5.41, 5.74) is 7.14. The van der Waals surface area contributed by atoms with E-state index in [1.54, 1.807) is 5.38 Å². The van der Waals surface area contributed by atoms with Gasteiger partial charge in [0.25, 0.3) is 5.91 Å². The largest absolute Gasteiger partial charge is 0.364 e. The molecule has 4 nitrogen and oxygen atoms in total. The predicted octanol–water partition coefficient (Wildman–Crippen LogP) is 2.80. The summed E-state index contributed by atoms with van der Waals surface area (Å²) < 4.78 is 0. The summed E-state index contributed by atoms with van der Waals surface area (Å²) in [5, 5.41) is 2.64. The molecule has 0 spiro atoms. The minimum atomic E-state index is -0.458. The molecule has 0 aliphatic carbocycles. The van der Waals surface area contributed by atoms with Gasteiger partial charge in [-0.3, -0.25) is 4.79 Å². The molecular weight excluding hydrogens is 282 g/mol. The van der Waals surface area contributed by atoms with Crippen LogP contribution in [0, 0.1) is 0 Å². The lowest BCUT2D eigenvalue weighted by atomic mass is 9.76. The van der Waals surface area contributed by atoms with Gasteiger partial charge in [0.05, 0.1) is 0 Å². The van der Waals surface area contributed by atoms with E-state index in [0.717, 1.165) is 24.6 Å². The van der Waals surface area contributed by atoms with E-state index in [1.807, 2.05) is 6.07 Å². The van der Waals surface area contributed by atoms with Crippen LogP contribution in [0.4, 0.5) is 5.13 Å². The first-order valence-corrected chi connectivity index (χ1v) is 8.02. The van der Waals surface area contributed by atoms with Crippen molar-refractivity contribution in [3.05, 3.63) is 47.0 Å². The van der Waals surface area contributed by atoms with Crippen LogP contribution < -0.4 is 10.6 Å². The quantitative estimate of drug-likeness (QED) is 0.948. The molecule has 1 aromatic carbocycles. The van der Waals surface area contributed by atoms with Crippen molar-refractivity contribution < 1.29 is 4.79 Å². The third-order valence-corrected chi connectivity index (χ3v) is 5.08. The Balaban J connectivity index is 1.83. The standard InChI is InChI=1S/C16H19N3OS/c1-16(12-6-3-2-4-7-12)8-5-9-19(11-16)15-18-13(10-21-15)14(17)20/h2-4,6-7,10H,5,8-9,11H2,1H3,(H2,17,20). The van der Waals surface area contributed by atoms with Crippen LogP contribution in [0.25, 0.3) is 0 Å². The predicted molar refractivity (Wildman–Crippen MR) is 85.9 cm³/mol. The van der Waals surface area contributed by atoms with Gasteiger partial charge in [0.1, 0.15) is 5.69 Å². The topological polar surface area (TPSA) is 59.2 Å². The van der Waals surface area contributed by atoms with E-state index in [0.29, 0.717) is 5.69 Å². The summed E-state index contributed by atoms with van der Waals surface area (Å²) in [7, 11) is 0. The van der Waals surface area contributed by atoms with E-state index in [9.17, 15) is 4.79 Å². The maximum absolute atomic E-state index is 11.2. The van der Waals surface area contributed by atoms with Gasteiger partial charge in [-0.2, -0.15) is 0 Å². The molecule has 110 valence electrons. The Bertz CT molecular complexity index is 640. The van der Waals surface area contributed by atoms with E-state index >= 15 is 0 Å². The van der Waals surface area contributed by atoms with Gasteiger partial charge in [-0.25, -0.2) is 4.98 Å². The van der Waals surface area contributed by atoms with Crippen LogP contribution in [0.1, 0.15) is 35.8 Å². The Labute approximate surface area is 128 Å². The van der Waals surface area contributed by atoms with E-state index in [1.165, 1.54) is 23.3 Å². The Hall–Kier alpha value is -1.88. The number of thiazole rings is 1. The molecule has 1 saturated heterocycles. The van der Waals surface area contributed by atoms with Crippen molar-refractivity contribution in [3.8, 4) is 0 Å². The highest BCUT2D eigenvalue weighted by atomic mass is 32.1. The highest BCUT2D eigenvalue weighted by Gasteiger charge is 2.33. The zero-order chi connectivity index (χ0) is 14.9. The molecule has 2 aromatic rings. The van der Waals surface area contributed by atoms with Crippen molar-refractivity contribution in [1.82, 2.24) is 4.98 Å². The highest BCUT2D eigenvalue weighted by molar-refractivity contribution is 7.13. The second-order valence-electron chi connectivity index (χ2n) is 5.83. The van der Waals surface area contributed by atoms with Crippen LogP contribution in [-0.4, -0.2) is 24.0 Å². The van der Waals surface area contributed by atoms with Crippen LogP contribution in [0.5, 0.6) is 0 Å². The molecule has 1 aliphatic rings. The molecule has 1 fully saturated rings. The van der Waals surface area contributed by atoms with Crippen LogP contribution in [0.15, 0.2) is 35.7 Å². The van der Waals surface area contributed by atoms with Gasteiger partial charge in [-0.1, -0.05) is 37.3 Å². The lowest BCUT2D eigenvalue weighted by Crippen LogP contribution is -2.44. The van der Waals surface area contributed by atoms with Crippen LogP contribution in [0.2, 0.25) is 0 Å². The number of anilines is 1. The lowest BCUT2D eigenvalue weighted by molar-refractivity contribution is 0.0996. The molecule has 5 heteroatoms. The molecule has 1 unspecified atom stereocenters. The Morgan fingerprint density at radius 3 is 2.81 bits per heavy atom. The molecule has 0 bridgehead atoms. The molecule has 1 aliphatic heterocycles. The number of piperidine rings is 1. The van der Waals surface area contributed by atoms with Crippen LogP contribution in [0.3, 0.4) is 0 Å². The number of benzene rings is 1. The molecule has 0 radical (unpaired) electrons. The van der Waals surface area contributed by atoms with Crippen molar-refractivity contribution in [2.24, 2.45) is 5.73 Å². The number of hydrogen-bond acceptors (Lipinski definition) is 4. The van der Waals surface area contributed by atoms with E-state index in [2.05, 4.69) is 41.1 Å². The second-order valence-corrected chi connectivity index (χ2v) is 6.67. The lowest BCUT2D eigenvalue weighted by Gasteiger charge is -2.41. The normalized spacial score (nSPS) is 22.2. The van der Waals surface area contributed by atoms with Gasteiger partial charge in [-0.05, 0) is 18.4 Å². The first-order chi connectivity index (χ1) is 10.1. The Kier molecular flexibility index (Phi) is 3.68. The molecular formula is C16H19N3OS. The Morgan fingerprint density at radius 2 is 2.14 bits per heavy atom. The first-order valence-electron chi connectivity index (χ1n) is 7.14. The van der Waals surface area contributed by atoms with E-state index in [-0.39, 0.29) is 5.41 Å². The summed E-state index contributed by atoms with van der Waals surface area (Å²) in [6.45, 7) is 4.20. The van der Waals surface area contributed by atoms with Gasteiger partial charge in [-0.15, -0.1) is 11.3 Å². The fraction of sp³-hybridized carbons (Fsp3) is 0.375. The third kappa shape index (κ3) is 2.78. The number of primary amides is 1. The van der Waals surface area contributed by atoms with Gasteiger partial charge in [0.15, 0.2) is 5.13 Å². The van der Waals surface area contributed by atoms with Crippen LogP contribution in [-0.2, 0) is 5.41 Å². The molecule has 21 heavy (non-hydrogen) atoms. The first kappa shape index (κ1) is 14.1. The van der Waals surface area contributed by atoms with Crippen molar-refractivity contribution in [2.45, 2.75) is 25.2 Å². The minimum absolute atomic E-state index is 0.123. The van der Waals surface area contributed by atoms with Gasteiger partial charge in [0, 0.05) is 23.9 Å². The molecule has 1 atom stereocenters. The van der Waals surface area contributed by atoms with Gasteiger partial charge < -0.3 is 10.6 Å². The summed E-state index contributed by atoms with van der Waals surface area (Å²) in [6, 6.07) is 10.6. The fourth-order valence-electron chi connectivity index (χ4n) is 3.00. The maximum atomic E-state index is 11.2. The number of nitrogens with two attached hydrogens (primary N) is 1. The molecule has 0 saturated carbocycles. The smallest absolute Gasteiger partial charge is 0.268 e. The van der Waals surface area contributed by atoms with E-state index in [4.69, 9.17) is 5.73 Å². The van der Waals surface area contributed by atoms with Crippen LogP contribution >= 0.6 is 11.3 Å². The molecule has 1 amide bonds. The van der Waals surface area contributed by atoms with Gasteiger partial charge >= 0.3 is 0 Å². The molecule has 2 heterocycles. The number of hydrogen-bond donors (Lipinski definition) is 1. The number of carbonyl (C=O) groups excluding carboxylic acids is 1.